The summed E-state index contributed by atoms with van der Waals surface area (Å²) in [6.45, 7) is 4.85. The molecule has 3 rings (SSSR count). The third-order valence-electron chi connectivity index (χ3n) is 4.76. The number of rotatable bonds is 5. The van der Waals surface area contributed by atoms with E-state index in [4.69, 9.17) is 0 Å². The Morgan fingerprint density at radius 2 is 1.88 bits per heavy atom. The van der Waals surface area contributed by atoms with Gasteiger partial charge in [0, 0.05) is 24.8 Å². The summed E-state index contributed by atoms with van der Waals surface area (Å²) in [6, 6.07) is 13.9. The van der Waals surface area contributed by atoms with E-state index in [1.165, 1.54) is 5.56 Å². The molecule has 0 aliphatic carbocycles. The Labute approximate surface area is 148 Å². The molecule has 0 unspecified atom stereocenters. The van der Waals surface area contributed by atoms with Crippen molar-refractivity contribution < 1.29 is 9.59 Å². The number of anilines is 1. The molecule has 0 fully saturated rings. The number of nitrogens with one attached hydrogen (secondary N) is 1. The number of hydrogen-bond donors (Lipinski definition) is 1. The van der Waals surface area contributed by atoms with Gasteiger partial charge in [0.1, 0.15) is 0 Å². The maximum absolute atomic E-state index is 12.2. The zero-order valence-electron chi connectivity index (χ0n) is 15.0. The number of carbonyl (C=O) groups is 2. The van der Waals surface area contributed by atoms with Crippen molar-refractivity contribution >= 4 is 17.5 Å². The van der Waals surface area contributed by atoms with Gasteiger partial charge in [0.05, 0.1) is 6.42 Å². The highest BCUT2D eigenvalue weighted by Gasteiger charge is 2.23. The summed E-state index contributed by atoms with van der Waals surface area (Å²) >= 11 is 0. The Morgan fingerprint density at radius 1 is 1.16 bits per heavy atom. The molecule has 0 spiro atoms. The molecular weight excluding hydrogens is 312 g/mol. The first kappa shape index (κ1) is 17.2. The van der Waals surface area contributed by atoms with E-state index in [2.05, 4.69) is 25.2 Å². The van der Waals surface area contributed by atoms with Gasteiger partial charge >= 0.3 is 0 Å². The maximum Gasteiger partial charge on any atom is 0.251 e. The number of nitrogens with zero attached hydrogens (tertiary/aromatic N) is 1. The average molecular weight is 336 g/mol. The lowest BCUT2D eigenvalue weighted by Crippen LogP contribution is -2.25. The molecule has 25 heavy (non-hydrogen) atoms. The fourth-order valence-electron chi connectivity index (χ4n) is 3.12. The van der Waals surface area contributed by atoms with Crippen molar-refractivity contribution in [3.63, 3.8) is 0 Å². The van der Waals surface area contributed by atoms with Crippen LogP contribution in [-0.2, 0) is 17.6 Å². The van der Waals surface area contributed by atoms with Crippen LogP contribution in [0.5, 0.6) is 0 Å². The molecule has 0 bridgehead atoms. The Hall–Kier alpha value is -2.62. The first-order valence-electron chi connectivity index (χ1n) is 8.72. The average Bonchev–Trinajstić information content (AvgIpc) is 2.88. The van der Waals surface area contributed by atoms with Gasteiger partial charge in [-0.25, -0.2) is 0 Å². The van der Waals surface area contributed by atoms with Crippen LogP contribution in [0.3, 0.4) is 0 Å². The van der Waals surface area contributed by atoms with Gasteiger partial charge in [-0.3, -0.25) is 9.59 Å². The fraction of sp³-hybridized carbons (Fsp3) is 0.333. The van der Waals surface area contributed by atoms with Gasteiger partial charge in [-0.05, 0) is 47.2 Å². The summed E-state index contributed by atoms with van der Waals surface area (Å²) < 4.78 is 0. The normalized spacial score (nSPS) is 13.3. The van der Waals surface area contributed by atoms with Crippen molar-refractivity contribution in [2.24, 2.45) is 0 Å². The van der Waals surface area contributed by atoms with E-state index in [1.54, 1.807) is 11.9 Å². The van der Waals surface area contributed by atoms with Gasteiger partial charge < -0.3 is 10.2 Å². The summed E-state index contributed by atoms with van der Waals surface area (Å²) in [4.78, 5) is 25.7. The summed E-state index contributed by atoms with van der Waals surface area (Å²) in [5.74, 6) is 0.541. The molecule has 0 radical (unpaired) electrons. The fourth-order valence-corrected chi connectivity index (χ4v) is 3.12. The standard InChI is InChI=1S/C21H24N2O2/c1-14(2)16-5-7-17(8-6-16)21(25)22-11-10-15-4-9-19-18(12-15)13-20(24)23(19)3/h4-9,12,14H,10-11,13H2,1-3H3,(H,22,25). The van der Waals surface area contributed by atoms with E-state index in [-0.39, 0.29) is 11.8 Å². The highest BCUT2D eigenvalue weighted by molar-refractivity contribution is 6.01. The summed E-state index contributed by atoms with van der Waals surface area (Å²) in [6.07, 6.45) is 1.22. The quantitative estimate of drug-likeness (QED) is 0.911. The second-order valence-corrected chi connectivity index (χ2v) is 6.88. The molecule has 1 N–H and O–H groups in total. The number of likely N-dealkylation sites (N-methyl/N-ethyl adjacent to an activating group) is 1. The van der Waals surface area contributed by atoms with Gasteiger partial charge in [0.15, 0.2) is 0 Å². The topological polar surface area (TPSA) is 49.4 Å². The lowest BCUT2D eigenvalue weighted by molar-refractivity contribution is -0.117. The summed E-state index contributed by atoms with van der Waals surface area (Å²) in [5.41, 5.74) is 5.11. The van der Waals surface area contributed by atoms with Crippen molar-refractivity contribution in [2.75, 3.05) is 18.5 Å². The number of amides is 2. The van der Waals surface area contributed by atoms with Crippen molar-refractivity contribution in [2.45, 2.75) is 32.6 Å². The molecule has 0 saturated heterocycles. The predicted molar refractivity (Wildman–Crippen MR) is 100 cm³/mol. The van der Waals surface area contributed by atoms with E-state index in [0.29, 0.717) is 24.4 Å². The highest BCUT2D eigenvalue weighted by Crippen LogP contribution is 2.28. The van der Waals surface area contributed by atoms with Gasteiger partial charge in [-0.2, -0.15) is 0 Å². The minimum absolute atomic E-state index is 0.0497. The van der Waals surface area contributed by atoms with Gasteiger partial charge in [0.2, 0.25) is 5.91 Å². The molecule has 1 heterocycles. The van der Waals surface area contributed by atoms with Crippen LogP contribution in [-0.4, -0.2) is 25.4 Å². The minimum Gasteiger partial charge on any atom is -0.352 e. The molecule has 2 aromatic rings. The predicted octanol–water partition coefficient (Wildman–Crippen LogP) is 3.30. The molecule has 0 atom stereocenters. The monoisotopic (exact) mass is 336 g/mol. The first-order valence-corrected chi connectivity index (χ1v) is 8.72. The van der Waals surface area contributed by atoms with E-state index in [1.807, 2.05) is 36.4 Å². The molecule has 0 saturated carbocycles. The SMILES string of the molecule is CC(C)c1ccc(C(=O)NCCc2ccc3c(c2)CC(=O)N3C)cc1. The number of hydrogen-bond acceptors (Lipinski definition) is 2. The second-order valence-electron chi connectivity index (χ2n) is 6.88. The van der Waals surface area contributed by atoms with Crippen LogP contribution in [0, 0.1) is 0 Å². The van der Waals surface area contributed by atoms with E-state index >= 15 is 0 Å². The second kappa shape index (κ2) is 7.09. The first-order chi connectivity index (χ1) is 12.0. The van der Waals surface area contributed by atoms with Crippen molar-refractivity contribution in [3.8, 4) is 0 Å². The molecule has 1 aliphatic rings. The Kier molecular flexibility index (Phi) is 4.88. The van der Waals surface area contributed by atoms with Gasteiger partial charge in [-0.15, -0.1) is 0 Å². The lowest BCUT2D eigenvalue weighted by atomic mass is 10.0. The number of benzene rings is 2. The zero-order valence-corrected chi connectivity index (χ0v) is 15.0. The van der Waals surface area contributed by atoms with Crippen LogP contribution in [0.25, 0.3) is 0 Å². The Balaban J connectivity index is 1.55. The maximum atomic E-state index is 12.2. The summed E-state index contributed by atoms with van der Waals surface area (Å²) in [5, 5.41) is 2.97. The van der Waals surface area contributed by atoms with Crippen LogP contribution in [0.15, 0.2) is 42.5 Å². The smallest absolute Gasteiger partial charge is 0.251 e. The molecule has 2 aromatic carbocycles. The van der Waals surface area contributed by atoms with Crippen molar-refractivity contribution in [1.82, 2.24) is 5.32 Å². The molecule has 4 heteroatoms. The van der Waals surface area contributed by atoms with E-state index < -0.39 is 0 Å². The number of carbonyl (C=O) groups excluding carboxylic acids is 2. The Bertz CT molecular complexity index is 794. The van der Waals surface area contributed by atoms with Crippen LogP contribution in [0.1, 0.15) is 46.8 Å². The molecule has 0 aromatic heterocycles. The minimum atomic E-state index is -0.0497. The van der Waals surface area contributed by atoms with Crippen LogP contribution >= 0.6 is 0 Å². The van der Waals surface area contributed by atoms with Crippen molar-refractivity contribution in [1.29, 1.82) is 0 Å². The third-order valence-corrected chi connectivity index (χ3v) is 4.76. The van der Waals surface area contributed by atoms with E-state index in [9.17, 15) is 9.59 Å². The third kappa shape index (κ3) is 3.73. The highest BCUT2D eigenvalue weighted by atomic mass is 16.2. The van der Waals surface area contributed by atoms with Gasteiger partial charge in [0.25, 0.3) is 5.91 Å². The van der Waals surface area contributed by atoms with Crippen LogP contribution in [0.2, 0.25) is 0 Å². The summed E-state index contributed by atoms with van der Waals surface area (Å²) in [7, 11) is 1.80. The molecule has 2 amide bonds. The molecular formula is C21H24N2O2. The molecule has 130 valence electrons. The lowest BCUT2D eigenvalue weighted by Gasteiger charge is -2.11. The van der Waals surface area contributed by atoms with Gasteiger partial charge in [-0.1, -0.05) is 38.1 Å². The van der Waals surface area contributed by atoms with Crippen LogP contribution < -0.4 is 10.2 Å². The molecule has 1 aliphatic heterocycles. The Morgan fingerprint density at radius 3 is 2.56 bits per heavy atom. The van der Waals surface area contributed by atoms with Crippen molar-refractivity contribution in [3.05, 3.63) is 64.7 Å². The molecule has 4 nitrogen and oxygen atoms in total. The zero-order chi connectivity index (χ0) is 18.0. The largest absolute Gasteiger partial charge is 0.352 e. The van der Waals surface area contributed by atoms with E-state index in [0.717, 1.165) is 23.2 Å². The van der Waals surface area contributed by atoms with Crippen LogP contribution in [0.4, 0.5) is 5.69 Å². The number of fused-ring (bicyclic) bond motifs is 1.